The molecule has 5 nitrogen and oxygen atoms in total. The molecule has 5 heteroatoms. The lowest BCUT2D eigenvalue weighted by Crippen LogP contribution is -2.44. The van der Waals surface area contributed by atoms with Crippen LogP contribution in [0.25, 0.3) is 0 Å². The summed E-state index contributed by atoms with van der Waals surface area (Å²) in [5.41, 5.74) is 0. The molecular weight excluding hydrogens is 294 g/mol. The molecule has 0 aliphatic rings. The number of carbonyl (C=O) groups is 1. The molecule has 1 N–H and O–H groups in total. The number of amides is 1. The molecule has 0 aromatic heterocycles. The van der Waals surface area contributed by atoms with E-state index in [2.05, 4.69) is 12.2 Å². The maximum atomic E-state index is 11.0. The van der Waals surface area contributed by atoms with Gasteiger partial charge in [0, 0.05) is 40.7 Å². The Morgan fingerprint density at radius 1 is 0.913 bits per heavy atom. The first kappa shape index (κ1) is 22.4. The van der Waals surface area contributed by atoms with Crippen LogP contribution in [0.4, 0.5) is 0 Å². The molecule has 0 spiro atoms. The SMILES string of the molecule is CCCCCCCC[C@H](CCCNC(C)=O)C(OC)(OC)OC. The van der Waals surface area contributed by atoms with Crippen molar-refractivity contribution in [3.05, 3.63) is 0 Å². The molecule has 0 heterocycles. The van der Waals surface area contributed by atoms with Crippen LogP contribution in [0.15, 0.2) is 0 Å². The molecule has 0 aliphatic heterocycles. The Morgan fingerprint density at radius 3 is 1.96 bits per heavy atom. The first-order valence-corrected chi connectivity index (χ1v) is 8.96. The lowest BCUT2D eigenvalue weighted by atomic mass is 9.93. The second-order valence-electron chi connectivity index (χ2n) is 6.09. The molecule has 0 aromatic rings. The second kappa shape index (κ2) is 13.8. The van der Waals surface area contributed by atoms with Crippen LogP contribution in [0, 0.1) is 5.92 Å². The average Bonchev–Trinajstić information content (AvgIpc) is 2.55. The van der Waals surface area contributed by atoms with Gasteiger partial charge < -0.3 is 19.5 Å². The van der Waals surface area contributed by atoms with Gasteiger partial charge in [-0.05, 0) is 19.3 Å². The van der Waals surface area contributed by atoms with Crippen LogP contribution in [-0.2, 0) is 19.0 Å². The number of ether oxygens (including phenoxy) is 3. The lowest BCUT2D eigenvalue weighted by molar-refractivity contribution is -0.380. The van der Waals surface area contributed by atoms with E-state index < -0.39 is 5.97 Å². The molecule has 0 saturated carbocycles. The van der Waals surface area contributed by atoms with Gasteiger partial charge in [0.05, 0.1) is 0 Å². The van der Waals surface area contributed by atoms with Gasteiger partial charge in [-0.1, -0.05) is 45.4 Å². The quantitative estimate of drug-likeness (QED) is 0.366. The van der Waals surface area contributed by atoms with Crippen LogP contribution in [0.3, 0.4) is 0 Å². The Morgan fingerprint density at radius 2 is 1.43 bits per heavy atom. The highest BCUT2D eigenvalue weighted by Gasteiger charge is 2.39. The van der Waals surface area contributed by atoms with E-state index in [-0.39, 0.29) is 11.8 Å². The Hall–Kier alpha value is -0.650. The van der Waals surface area contributed by atoms with E-state index in [0.717, 1.165) is 25.7 Å². The summed E-state index contributed by atoms with van der Waals surface area (Å²) in [7, 11) is 4.86. The zero-order valence-electron chi connectivity index (χ0n) is 15.8. The van der Waals surface area contributed by atoms with Crippen LogP contribution in [-0.4, -0.2) is 39.8 Å². The minimum Gasteiger partial charge on any atom is -0.356 e. The normalized spacial score (nSPS) is 13.1. The molecule has 0 aromatic carbocycles. The Bertz CT molecular complexity index is 284. The fourth-order valence-electron chi connectivity index (χ4n) is 3.03. The largest absolute Gasteiger partial charge is 0.356 e. The van der Waals surface area contributed by atoms with E-state index in [4.69, 9.17) is 14.2 Å². The zero-order chi connectivity index (χ0) is 17.6. The maximum Gasteiger partial charge on any atom is 0.285 e. The predicted molar refractivity (Wildman–Crippen MR) is 93.2 cm³/mol. The molecule has 0 aliphatic carbocycles. The first-order chi connectivity index (χ1) is 11.1. The number of hydrogen-bond acceptors (Lipinski definition) is 4. The summed E-state index contributed by atoms with van der Waals surface area (Å²) in [6.45, 7) is 4.45. The Labute approximate surface area is 142 Å². The zero-order valence-corrected chi connectivity index (χ0v) is 15.8. The minimum atomic E-state index is -0.986. The molecule has 0 saturated heterocycles. The van der Waals surface area contributed by atoms with Crippen molar-refractivity contribution in [2.75, 3.05) is 27.9 Å². The van der Waals surface area contributed by atoms with E-state index in [9.17, 15) is 4.79 Å². The first-order valence-electron chi connectivity index (χ1n) is 8.96. The van der Waals surface area contributed by atoms with Crippen molar-refractivity contribution in [2.24, 2.45) is 5.92 Å². The fraction of sp³-hybridized carbons (Fsp3) is 0.944. The van der Waals surface area contributed by atoms with Crippen LogP contribution in [0.5, 0.6) is 0 Å². The fourth-order valence-corrected chi connectivity index (χ4v) is 3.03. The topological polar surface area (TPSA) is 56.8 Å². The van der Waals surface area contributed by atoms with Crippen molar-refractivity contribution in [3.8, 4) is 0 Å². The third-order valence-corrected chi connectivity index (χ3v) is 4.36. The monoisotopic (exact) mass is 331 g/mol. The number of methoxy groups -OCH3 is 3. The summed E-state index contributed by atoms with van der Waals surface area (Å²) < 4.78 is 16.6. The van der Waals surface area contributed by atoms with Gasteiger partial charge in [-0.2, -0.15) is 0 Å². The maximum absolute atomic E-state index is 11.0. The summed E-state index contributed by atoms with van der Waals surface area (Å²) in [6, 6.07) is 0. The van der Waals surface area contributed by atoms with E-state index in [1.165, 1.54) is 39.0 Å². The standard InChI is InChI=1S/C18H37NO4/c1-6-7-8-9-10-11-13-17(14-12-15-19-16(2)20)18(21-3,22-4)23-5/h17H,6-15H2,1-5H3,(H,19,20)/t17-/m1/s1. The summed E-state index contributed by atoms with van der Waals surface area (Å²) in [5.74, 6) is -0.823. The number of nitrogens with one attached hydrogen (secondary N) is 1. The van der Waals surface area contributed by atoms with Gasteiger partial charge in [-0.3, -0.25) is 4.79 Å². The van der Waals surface area contributed by atoms with Gasteiger partial charge in [-0.15, -0.1) is 0 Å². The average molecular weight is 331 g/mol. The smallest absolute Gasteiger partial charge is 0.285 e. The molecule has 0 bridgehead atoms. The highest BCUT2D eigenvalue weighted by Crippen LogP contribution is 2.32. The highest BCUT2D eigenvalue weighted by atomic mass is 16.9. The van der Waals surface area contributed by atoms with Crippen LogP contribution in [0.1, 0.15) is 71.6 Å². The Balaban J connectivity index is 4.39. The predicted octanol–water partition coefficient (Wildman–Crippen LogP) is 3.86. The minimum absolute atomic E-state index is 0.00830. The van der Waals surface area contributed by atoms with E-state index in [0.29, 0.717) is 6.54 Å². The molecule has 1 amide bonds. The van der Waals surface area contributed by atoms with Crippen molar-refractivity contribution < 1.29 is 19.0 Å². The molecule has 1 atom stereocenters. The van der Waals surface area contributed by atoms with Gasteiger partial charge in [0.15, 0.2) is 0 Å². The Kier molecular flexibility index (Phi) is 13.4. The lowest BCUT2D eigenvalue weighted by Gasteiger charge is -2.36. The molecule has 23 heavy (non-hydrogen) atoms. The van der Waals surface area contributed by atoms with Crippen molar-refractivity contribution in [1.29, 1.82) is 0 Å². The number of rotatable bonds is 15. The third-order valence-electron chi connectivity index (χ3n) is 4.36. The molecule has 138 valence electrons. The molecular formula is C18H37NO4. The van der Waals surface area contributed by atoms with E-state index in [1.54, 1.807) is 21.3 Å². The third kappa shape index (κ3) is 9.28. The van der Waals surface area contributed by atoms with Crippen LogP contribution >= 0.6 is 0 Å². The van der Waals surface area contributed by atoms with Crippen LogP contribution < -0.4 is 5.32 Å². The van der Waals surface area contributed by atoms with Crippen molar-refractivity contribution in [3.63, 3.8) is 0 Å². The van der Waals surface area contributed by atoms with E-state index in [1.807, 2.05) is 0 Å². The number of carbonyl (C=O) groups excluding carboxylic acids is 1. The van der Waals surface area contributed by atoms with Gasteiger partial charge in [-0.25, -0.2) is 0 Å². The second-order valence-corrected chi connectivity index (χ2v) is 6.09. The van der Waals surface area contributed by atoms with Crippen LogP contribution in [0.2, 0.25) is 0 Å². The number of unbranched alkanes of at least 4 members (excludes halogenated alkanes) is 5. The summed E-state index contributed by atoms with van der Waals surface area (Å²) in [5, 5.41) is 2.84. The number of hydrogen-bond donors (Lipinski definition) is 1. The van der Waals surface area contributed by atoms with Gasteiger partial charge in [0.2, 0.25) is 5.91 Å². The van der Waals surface area contributed by atoms with E-state index >= 15 is 0 Å². The summed E-state index contributed by atoms with van der Waals surface area (Å²) in [6.07, 6.45) is 10.3. The van der Waals surface area contributed by atoms with Crippen molar-refractivity contribution in [2.45, 2.75) is 77.6 Å². The molecule has 0 fully saturated rings. The van der Waals surface area contributed by atoms with Crippen molar-refractivity contribution in [1.82, 2.24) is 5.32 Å². The summed E-state index contributed by atoms with van der Waals surface area (Å²) in [4.78, 5) is 11.0. The van der Waals surface area contributed by atoms with Gasteiger partial charge in [0.25, 0.3) is 5.97 Å². The highest BCUT2D eigenvalue weighted by molar-refractivity contribution is 5.72. The molecule has 0 unspecified atom stereocenters. The van der Waals surface area contributed by atoms with Gasteiger partial charge >= 0.3 is 0 Å². The molecule has 0 radical (unpaired) electrons. The van der Waals surface area contributed by atoms with Gasteiger partial charge in [0.1, 0.15) is 0 Å². The van der Waals surface area contributed by atoms with Crippen molar-refractivity contribution >= 4 is 5.91 Å². The summed E-state index contributed by atoms with van der Waals surface area (Å²) >= 11 is 0. The molecule has 0 rings (SSSR count).